The lowest BCUT2D eigenvalue weighted by atomic mass is 10.0. The summed E-state index contributed by atoms with van der Waals surface area (Å²) in [6.45, 7) is 1.65. The van der Waals surface area contributed by atoms with Crippen LogP contribution in [0.25, 0.3) is 0 Å². The standard InChI is InChI=1S/C17H14FNO/c1-12-10-15(7-8-16(12)18)17(20)9-6-13-2-4-14(11-19)5-3-13/h2-5,7-8,10H,6,9H2,1H3. The first-order chi connectivity index (χ1) is 9.60. The third kappa shape index (κ3) is 3.30. The van der Waals surface area contributed by atoms with E-state index >= 15 is 0 Å². The van der Waals surface area contributed by atoms with Crippen molar-refractivity contribution in [1.29, 1.82) is 5.26 Å². The fourth-order valence-corrected chi connectivity index (χ4v) is 1.97. The SMILES string of the molecule is Cc1cc(C(=O)CCc2ccc(C#N)cc2)ccc1F. The Morgan fingerprint density at radius 1 is 1.20 bits per heavy atom. The summed E-state index contributed by atoms with van der Waals surface area (Å²) in [7, 11) is 0. The van der Waals surface area contributed by atoms with Gasteiger partial charge in [-0.15, -0.1) is 0 Å². The minimum absolute atomic E-state index is 0.00235. The average Bonchev–Trinajstić information content (AvgIpc) is 2.48. The molecular weight excluding hydrogens is 253 g/mol. The molecule has 0 saturated heterocycles. The number of hydrogen-bond donors (Lipinski definition) is 0. The van der Waals surface area contributed by atoms with Crippen LogP contribution in [0.2, 0.25) is 0 Å². The maximum Gasteiger partial charge on any atom is 0.163 e. The zero-order valence-electron chi connectivity index (χ0n) is 11.2. The molecule has 2 rings (SSSR count). The number of rotatable bonds is 4. The number of benzene rings is 2. The Morgan fingerprint density at radius 3 is 2.50 bits per heavy atom. The van der Waals surface area contributed by atoms with Crippen molar-refractivity contribution in [3.63, 3.8) is 0 Å². The quantitative estimate of drug-likeness (QED) is 0.790. The van der Waals surface area contributed by atoms with Gasteiger partial charge >= 0.3 is 0 Å². The van der Waals surface area contributed by atoms with E-state index in [1.54, 1.807) is 25.1 Å². The molecule has 0 heterocycles. The summed E-state index contributed by atoms with van der Waals surface area (Å²) in [5, 5.41) is 8.71. The molecule has 0 aliphatic carbocycles. The van der Waals surface area contributed by atoms with Gasteiger partial charge in [-0.25, -0.2) is 4.39 Å². The molecule has 0 unspecified atom stereocenters. The molecule has 3 heteroatoms. The van der Waals surface area contributed by atoms with Crippen molar-refractivity contribution in [1.82, 2.24) is 0 Å². The van der Waals surface area contributed by atoms with Crippen LogP contribution in [0, 0.1) is 24.1 Å². The Bertz CT molecular complexity index is 668. The molecule has 2 aromatic rings. The third-order valence-corrected chi connectivity index (χ3v) is 3.20. The highest BCUT2D eigenvalue weighted by molar-refractivity contribution is 5.96. The van der Waals surface area contributed by atoms with E-state index in [-0.39, 0.29) is 11.6 Å². The summed E-state index contributed by atoms with van der Waals surface area (Å²) < 4.78 is 13.1. The minimum atomic E-state index is -0.298. The molecule has 0 aliphatic heterocycles. The lowest BCUT2D eigenvalue weighted by Gasteiger charge is -2.04. The molecule has 100 valence electrons. The number of hydrogen-bond acceptors (Lipinski definition) is 2. The lowest BCUT2D eigenvalue weighted by molar-refractivity contribution is 0.0982. The van der Waals surface area contributed by atoms with Gasteiger partial charge in [0, 0.05) is 12.0 Å². The number of carbonyl (C=O) groups is 1. The van der Waals surface area contributed by atoms with Gasteiger partial charge in [0.25, 0.3) is 0 Å². The van der Waals surface area contributed by atoms with Crippen LogP contribution in [0.15, 0.2) is 42.5 Å². The molecule has 20 heavy (non-hydrogen) atoms. The van der Waals surface area contributed by atoms with Gasteiger partial charge in [0.05, 0.1) is 11.6 Å². The molecular formula is C17H14FNO. The lowest BCUT2D eigenvalue weighted by Crippen LogP contribution is -2.02. The maximum absolute atomic E-state index is 13.1. The first-order valence-corrected chi connectivity index (χ1v) is 6.38. The summed E-state index contributed by atoms with van der Waals surface area (Å²) in [6.07, 6.45) is 0.984. The topological polar surface area (TPSA) is 40.9 Å². The Morgan fingerprint density at radius 2 is 1.90 bits per heavy atom. The molecule has 0 bridgehead atoms. The van der Waals surface area contributed by atoms with Gasteiger partial charge in [-0.1, -0.05) is 12.1 Å². The number of halogens is 1. The smallest absolute Gasteiger partial charge is 0.163 e. The summed E-state index contributed by atoms with van der Waals surface area (Å²) in [6, 6.07) is 13.6. The molecule has 2 aromatic carbocycles. The molecule has 0 aliphatic rings. The van der Waals surface area contributed by atoms with Crippen molar-refractivity contribution >= 4 is 5.78 Å². The van der Waals surface area contributed by atoms with Crippen LogP contribution >= 0.6 is 0 Å². The van der Waals surface area contributed by atoms with E-state index in [1.165, 1.54) is 12.1 Å². The molecule has 0 fully saturated rings. The van der Waals surface area contributed by atoms with E-state index in [1.807, 2.05) is 12.1 Å². The third-order valence-electron chi connectivity index (χ3n) is 3.20. The number of Topliss-reactive ketones (excluding diaryl/α,β-unsaturated/α-hetero) is 1. The van der Waals surface area contributed by atoms with Gasteiger partial charge in [-0.05, 0) is 54.8 Å². The first kappa shape index (κ1) is 14.0. The molecule has 0 saturated carbocycles. The predicted molar refractivity (Wildman–Crippen MR) is 74.9 cm³/mol. The summed E-state index contributed by atoms with van der Waals surface area (Å²) in [5.41, 5.74) is 2.64. The number of aryl methyl sites for hydroxylation is 2. The van der Waals surface area contributed by atoms with Crippen LogP contribution in [0.1, 0.15) is 33.5 Å². The van der Waals surface area contributed by atoms with Crippen LogP contribution in [-0.4, -0.2) is 5.78 Å². The molecule has 0 atom stereocenters. The van der Waals surface area contributed by atoms with Crippen LogP contribution in [0.5, 0.6) is 0 Å². The summed E-state index contributed by atoms with van der Waals surface area (Å²) in [4.78, 5) is 12.0. The van der Waals surface area contributed by atoms with E-state index in [2.05, 4.69) is 6.07 Å². The molecule has 0 N–H and O–H groups in total. The second kappa shape index (κ2) is 6.12. The van der Waals surface area contributed by atoms with Gasteiger partial charge in [0.1, 0.15) is 5.82 Å². The van der Waals surface area contributed by atoms with Crippen molar-refractivity contribution in [2.75, 3.05) is 0 Å². The number of carbonyl (C=O) groups excluding carboxylic acids is 1. The highest BCUT2D eigenvalue weighted by Gasteiger charge is 2.08. The fraction of sp³-hybridized carbons (Fsp3) is 0.176. The summed E-state index contributed by atoms with van der Waals surface area (Å²) in [5.74, 6) is -0.300. The highest BCUT2D eigenvalue weighted by atomic mass is 19.1. The molecule has 2 nitrogen and oxygen atoms in total. The van der Waals surface area contributed by atoms with E-state index in [0.717, 1.165) is 5.56 Å². The first-order valence-electron chi connectivity index (χ1n) is 6.38. The zero-order chi connectivity index (χ0) is 14.5. The molecule has 0 amide bonds. The van der Waals surface area contributed by atoms with Gasteiger partial charge < -0.3 is 0 Å². The Labute approximate surface area is 117 Å². The molecule has 0 aromatic heterocycles. The van der Waals surface area contributed by atoms with E-state index in [0.29, 0.717) is 29.5 Å². The second-order valence-electron chi connectivity index (χ2n) is 4.70. The van der Waals surface area contributed by atoms with Crippen molar-refractivity contribution in [2.24, 2.45) is 0 Å². The van der Waals surface area contributed by atoms with Crippen molar-refractivity contribution in [3.8, 4) is 6.07 Å². The number of nitrogens with zero attached hydrogens (tertiary/aromatic N) is 1. The van der Waals surface area contributed by atoms with Crippen LogP contribution < -0.4 is 0 Å². The minimum Gasteiger partial charge on any atom is -0.294 e. The Balaban J connectivity index is 2.01. The van der Waals surface area contributed by atoms with Gasteiger partial charge in [-0.2, -0.15) is 5.26 Å². The van der Waals surface area contributed by atoms with Crippen LogP contribution in [0.4, 0.5) is 4.39 Å². The fourth-order valence-electron chi connectivity index (χ4n) is 1.97. The molecule has 0 radical (unpaired) electrons. The second-order valence-corrected chi connectivity index (χ2v) is 4.70. The average molecular weight is 267 g/mol. The predicted octanol–water partition coefficient (Wildman–Crippen LogP) is 3.82. The van der Waals surface area contributed by atoms with E-state index in [4.69, 9.17) is 5.26 Å². The summed E-state index contributed by atoms with van der Waals surface area (Å²) >= 11 is 0. The number of ketones is 1. The number of nitriles is 1. The van der Waals surface area contributed by atoms with Gasteiger partial charge in [0.15, 0.2) is 5.78 Å². The normalized spacial score (nSPS) is 10.1. The largest absolute Gasteiger partial charge is 0.294 e. The highest BCUT2D eigenvalue weighted by Crippen LogP contribution is 2.13. The van der Waals surface area contributed by atoms with Crippen molar-refractivity contribution in [2.45, 2.75) is 19.8 Å². The van der Waals surface area contributed by atoms with Crippen LogP contribution in [0.3, 0.4) is 0 Å². The van der Waals surface area contributed by atoms with Gasteiger partial charge in [-0.3, -0.25) is 4.79 Å². The molecule has 0 spiro atoms. The Hall–Kier alpha value is -2.47. The van der Waals surface area contributed by atoms with Crippen molar-refractivity contribution < 1.29 is 9.18 Å². The van der Waals surface area contributed by atoms with E-state index < -0.39 is 0 Å². The van der Waals surface area contributed by atoms with E-state index in [9.17, 15) is 9.18 Å². The monoisotopic (exact) mass is 267 g/mol. The van der Waals surface area contributed by atoms with Crippen LogP contribution in [-0.2, 0) is 6.42 Å². The Kier molecular flexibility index (Phi) is 4.27. The zero-order valence-corrected chi connectivity index (χ0v) is 11.2. The van der Waals surface area contributed by atoms with Gasteiger partial charge in [0.2, 0.25) is 0 Å². The van der Waals surface area contributed by atoms with Crippen molar-refractivity contribution in [3.05, 3.63) is 70.5 Å². The maximum atomic E-state index is 13.1.